The van der Waals surface area contributed by atoms with E-state index in [9.17, 15) is 18.0 Å². The zero-order chi connectivity index (χ0) is 16.3. The SMILES string of the molecule is COC(=O)[C@H](C)c1ccc(Nc2nc(C(F)(F)F)cs2)cc1. The molecule has 8 heteroatoms. The van der Waals surface area contributed by atoms with Crippen LogP contribution >= 0.6 is 11.3 Å². The molecule has 0 unspecified atom stereocenters. The van der Waals surface area contributed by atoms with Gasteiger partial charge in [0.25, 0.3) is 0 Å². The smallest absolute Gasteiger partial charge is 0.434 e. The van der Waals surface area contributed by atoms with Gasteiger partial charge in [-0.15, -0.1) is 11.3 Å². The fourth-order valence-electron chi connectivity index (χ4n) is 1.75. The van der Waals surface area contributed by atoms with Gasteiger partial charge in [0.15, 0.2) is 10.8 Å². The molecule has 0 saturated heterocycles. The first-order valence-electron chi connectivity index (χ1n) is 6.29. The van der Waals surface area contributed by atoms with Crippen molar-refractivity contribution in [1.82, 2.24) is 4.98 Å². The maximum Gasteiger partial charge on any atom is 0.434 e. The number of hydrogen-bond donors (Lipinski definition) is 1. The van der Waals surface area contributed by atoms with E-state index < -0.39 is 17.8 Å². The van der Waals surface area contributed by atoms with Gasteiger partial charge in [-0.25, -0.2) is 4.98 Å². The van der Waals surface area contributed by atoms with Gasteiger partial charge in [0.05, 0.1) is 13.0 Å². The van der Waals surface area contributed by atoms with Crippen LogP contribution in [0.2, 0.25) is 0 Å². The molecule has 0 bridgehead atoms. The molecule has 2 aromatic rings. The molecule has 2 rings (SSSR count). The Bertz CT molecular complexity index is 653. The third-order valence-electron chi connectivity index (χ3n) is 3.01. The van der Waals surface area contributed by atoms with Gasteiger partial charge in [0.2, 0.25) is 0 Å². The van der Waals surface area contributed by atoms with Crippen molar-refractivity contribution in [3.05, 3.63) is 40.9 Å². The van der Waals surface area contributed by atoms with Gasteiger partial charge in [-0.1, -0.05) is 12.1 Å². The number of esters is 1. The Kier molecular flexibility index (Phi) is 4.70. The zero-order valence-corrected chi connectivity index (χ0v) is 12.6. The summed E-state index contributed by atoms with van der Waals surface area (Å²) >= 11 is 0.874. The van der Waals surface area contributed by atoms with E-state index in [-0.39, 0.29) is 11.1 Å². The molecule has 0 aliphatic heterocycles. The number of carbonyl (C=O) groups excluding carboxylic acids is 1. The van der Waals surface area contributed by atoms with Crippen molar-refractivity contribution in [1.29, 1.82) is 0 Å². The van der Waals surface area contributed by atoms with Crippen molar-refractivity contribution < 1.29 is 22.7 Å². The van der Waals surface area contributed by atoms with Gasteiger partial charge >= 0.3 is 12.1 Å². The summed E-state index contributed by atoms with van der Waals surface area (Å²) in [5.74, 6) is -0.758. The molecule has 0 fully saturated rings. The van der Waals surface area contributed by atoms with E-state index in [1.807, 2.05) is 0 Å². The van der Waals surface area contributed by atoms with Crippen molar-refractivity contribution in [3.8, 4) is 0 Å². The van der Waals surface area contributed by atoms with Crippen LogP contribution in [-0.2, 0) is 15.7 Å². The molecule has 0 amide bonds. The first-order chi connectivity index (χ1) is 10.3. The number of aromatic nitrogens is 1. The van der Waals surface area contributed by atoms with Crippen LogP contribution in [0, 0.1) is 0 Å². The van der Waals surface area contributed by atoms with Crippen LogP contribution in [0.25, 0.3) is 0 Å². The molecule has 4 nitrogen and oxygen atoms in total. The fourth-order valence-corrected chi connectivity index (χ4v) is 2.49. The Morgan fingerprint density at radius 2 is 1.95 bits per heavy atom. The second kappa shape index (κ2) is 6.35. The predicted octanol–water partition coefficient (Wildman–Crippen LogP) is 4.18. The molecule has 1 aromatic heterocycles. The lowest BCUT2D eigenvalue weighted by molar-refractivity contribution is -0.142. The summed E-state index contributed by atoms with van der Waals surface area (Å²) in [6, 6.07) is 6.76. The highest BCUT2D eigenvalue weighted by Crippen LogP contribution is 2.32. The Morgan fingerprint density at radius 3 is 2.45 bits per heavy atom. The number of anilines is 2. The third-order valence-corrected chi connectivity index (χ3v) is 3.77. The summed E-state index contributed by atoms with van der Waals surface area (Å²) in [7, 11) is 1.31. The van der Waals surface area contributed by atoms with E-state index in [0.29, 0.717) is 5.69 Å². The molecule has 0 aliphatic rings. The fraction of sp³-hybridized carbons (Fsp3) is 0.286. The van der Waals surface area contributed by atoms with Crippen molar-refractivity contribution in [2.24, 2.45) is 0 Å². The van der Waals surface area contributed by atoms with E-state index in [1.54, 1.807) is 31.2 Å². The number of halogens is 3. The van der Waals surface area contributed by atoms with Crippen LogP contribution < -0.4 is 5.32 Å². The minimum atomic E-state index is -4.45. The summed E-state index contributed by atoms with van der Waals surface area (Å²) in [6.07, 6.45) is -4.45. The van der Waals surface area contributed by atoms with E-state index in [4.69, 9.17) is 0 Å². The van der Waals surface area contributed by atoms with Gasteiger partial charge in [-0.3, -0.25) is 4.79 Å². The van der Waals surface area contributed by atoms with E-state index in [0.717, 1.165) is 22.3 Å². The topological polar surface area (TPSA) is 51.2 Å². The lowest BCUT2D eigenvalue weighted by Gasteiger charge is -2.10. The standard InChI is InChI=1S/C14H13F3N2O2S/c1-8(12(20)21-2)9-3-5-10(6-4-9)18-13-19-11(7-22-13)14(15,16)17/h3-8H,1-2H3,(H,18,19)/t8-/m1/s1. The van der Waals surface area contributed by atoms with Gasteiger partial charge in [0.1, 0.15) is 0 Å². The maximum atomic E-state index is 12.5. The number of thiazole rings is 1. The lowest BCUT2D eigenvalue weighted by atomic mass is 10.0. The van der Waals surface area contributed by atoms with Gasteiger partial charge in [-0.2, -0.15) is 13.2 Å². The molecule has 0 saturated carbocycles. The Balaban J connectivity index is 2.08. The number of methoxy groups -OCH3 is 1. The average molecular weight is 330 g/mol. The normalized spacial score (nSPS) is 12.8. The van der Waals surface area contributed by atoms with Crippen LogP contribution in [-0.4, -0.2) is 18.1 Å². The Morgan fingerprint density at radius 1 is 1.32 bits per heavy atom. The Labute approximate surface area is 128 Å². The molecule has 1 aromatic carbocycles. The van der Waals surface area contributed by atoms with Gasteiger partial charge in [-0.05, 0) is 24.6 Å². The summed E-state index contributed by atoms with van der Waals surface area (Å²) in [6.45, 7) is 1.71. The van der Waals surface area contributed by atoms with Crippen LogP contribution in [0.15, 0.2) is 29.6 Å². The van der Waals surface area contributed by atoms with Crippen LogP contribution in [0.1, 0.15) is 24.1 Å². The van der Waals surface area contributed by atoms with Crippen molar-refractivity contribution in [3.63, 3.8) is 0 Å². The van der Waals surface area contributed by atoms with E-state index >= 15 is 0 Å². The first kappa shape index (κ1) is 16.3. The molecule has 1 N–H and O–H groups in total. The average Bonchev–Trinajstić information content (AvgIpc) is 2.95. The van der Waals surface area contributed by atoms with Crippen molar-refractivity contribution >= 4 is 28.1 Å². The number of rotatable bonds is 4. The maximum absolute atomic E-state index is 12.5. The quantitative estimate of drug-likeness (QED) is 0.855. The molecule has 0 aliphatic carbocycles. The minimum absolute atomic E-state index is 0.154. The zero-order valence-electron chi connectivity index (χ0n) is 11.8. The largest absolute Gasteiger partial charge is 0.469 e. The highest BCUT2D eigenvalue weighted by atomic mass is 32.1. The van der Waals surface area contributed by atoms with Crippen LogP contribution in [0.3, 0.4) is 0 Å². The predicted molar refractivity (Wildman–Crippen MR) is 77.3 cm³/mol. The van der Waals surface area contributed by atoms with Crippen molar-refractivity contribution in [2.75, 3.05) is 12.4 Å². The number of alkyl halides is 3. The highest BCUT2D eigenvalue weighted by Gasteiger charge is 2.33. The molecular weight excluding hydrogens is 317 g/mol. The third kappa shape index (κ3) is 3.76. The van der Waals surface area contributed by atoms with Gasteiger partial charge in [0, 0.05) is 11.1 Å². The summed E-state index contributed by atoms with van der Waals surface area (Å²) in [5.41, 5.74) is 0.423. The highest BCUT2D eigenvalue weighted by molar-refractivity contribution is 7.13. The summed E-state index contributed by atoms with van der Waals surface area (Å²) in [4.78, 5) is 14.9. The number of nitrogens with one attached hydrogen (secondary N) is 1. The molecule has 0 radical (unpaired) electrons. The number of hydrogen-bond acceptors (Lipinski definition) is 5. The monoisotopic (exact) mass is 330 g/mol. The number of benzene rings is 1. The Hall–Kier alpha value is -2.09. The molecule has 1 atom stereocenters. The minimum Gasteiger partial charge on any atom is -0.469 e. The summed E-state index contributed by atoms with van der Waals surface area (Å²) < 4.78 is 42.0. The van der Waals surface area contributed by atoms with Gasteiger partial charge < -0.3 is 10.1 Å². The number of ether oxygens (including phenoxy) is 1. The molecule has 1 heterocycles. The summed E-state index contributed by atoms with van der Waals surface area (Å²) in [5, 5.41) is 3.91. The second-order valence-electron chi connectivity index (χ2n) is 4.53. The van der Waals surface area contributed by atoms with Crippen molar-refractivity contribution in [2.45, 2.75) is 19.0 Å². The van der Waals surface area contributed by atoms with E-state index in [1.165, 1.54) is 7.11 Å². The van der Waals surface area contributed by atoms with Crippen LogP contribution in [0.4, 0.5) is 24.0 Å². The van der Waals surface area contributed by atoms with Crippen LogP contribution in [0.5, 0.6) is 0 Å². The second-order valence-corrected chi connectivity index (χ2v) is 5.39. The number of carbonyl (C=O) groups is 1. The molecule has 22 heavy (non-hydrogen) atoms. The molecule has 0 spiro atoms. The number of nitrogens with zero attached hydrogens (tertiary/aromatic N) is 1. The first-order valence-corrected chi connectivity index (χ1v) is 7.16. The molecular formula is C14H13F3N2O2S. The lowest BCUT2D eigenvalue weighted by Crippen LogP contribution is -2.10. The van der Waals surface area contributed by atoms with E-state index in [2.05, 4.69) is 15.0 Å². The molecule has 118 valence electrons.